The second-order valence-electron chi connectivity index (χ2n) is 7.29. The molecule has 0 saturated carbocycles. The first kappa shape index (κ1) is 23.2. The Hall–Kier alpha value is -4.00. The number of carbonyl (C=O) groups is 2. The highest BCUT2D eigenvalue weighted by atomic mass is 32.1. The van der Waals surface area contributed by atoms with E-state index in [1.165, 1.54) is 46.6 Å². The molecular weight excluding hydrogens is 473 g/mol. The number of aromatic nitrogens is 4. The fourth-order valence-corrected chi connectivity index (χ4v) is 3.95. The number of alkyl halides is 3. The van der Waals surface area contributed by atoms with Crippen LogP contribution < -0.4 is 10.6 Å². The van der Waals surface area contributed by atoms with Gasteiger partial charge in [0.25, 0.3) is 5.91 Å². The minimum absolute atomic E-state index is 0.0964. The van der Waals surface area contributed by atoms with Crippen LogP contribution >= 0.6 is 11.3 Å². The Morgan fingerprint density at radius 3 is 2.56 bits per heavy atom. The van der Waals surface area contributed by atoms with Crippen molar-refractivity contribution in [3.63, 3.8) is 0 Å². The zero-order valence-electron chi connectivity index (χ0n) is 17.5. The molecule has 3 N–H and O–H groups in total. The zero-order valence-corrected chi connectivity index (χ0v) is 18.3. The summed E-state index contributed by atoms with van der Waals surface area (Å²) < 4.78 is 39.5. The van der Waals surface area contributed by atoms with Crippen molar-refractivity contribution in [2.45, 2.75) is 25.7 Å². The SMILES string of the molecule is CC(NC(=O)c1cc2c(cn1)ncn2CC(=O)O)c1cnc(Nc2ccc(C(F)(F)F)cc2)s1. The molecule has 9 nitrogen and oxygen atoms in total. The second kappa shape index (κ2) is 9.09. The van der Waals surface area contributed by atoms with Crippen LogP contribution in [-0.4, -0.2) is 36.5 Å². The lowest BCUT2D eigenvalue weighted by atomic mass is 10.2. The molecule has 0 aliphatic rings. The van der Waals surface area contributed by atoms with Crippen LogP contribution in [0.1, 0.15) is 33.9 Å². The van der Waals surface area contributed by atoms with Crippen molar-refractivity contribution >= 4 is 45.1 Å². The number of amides is 1. The van der Waals surface area contributed by atoms with Crippen molar-refractivity contribution in [1.29, 1.82) is 0 Å². The third-order valence-electron chi connectivity index (χ3n) is 4.81. The molecule has 3 heterocycles. The van der Waals surface area contributed by atoms with Gasteiger partial charge in [0.2, 0.25) is 0 Å². The Balaban J connectivity index is 1.42. The van der Waals surface area contributed by atoms with Gasteiger partial charge in [-0.05, 0) is 37.3 Å². The topological polar surface area (TPSA) is 122 Å². The smallest absolute Gasteiger partial charge is 0.416 e. The van der Waals surface area contributed by atoms with Crippen LogP contribution in [0.3, 0.4) is 0 Å². The third-order valence-corrected chi connectivity index (χ3v) is 5.90. The second-order valence-corrected chi connectivity index (χ2v) is 8.35. The van der Waals surface area contributed by atoms with Gasteiger partial charge in [0.1, 0.15) is 17.8 Å². The molecular formula is C21H17F3N6O3S. The minimum atomic E-state index is -4.41. The summed E-state index contributed by atoms with van der Waals surface area (Å²) in [6.07, 6.45) is -0.0876. The van der Waals surface area contributed by atoms with E-state index in [0.29, 0.717) is 26.7 Å². The molecule has 4 rings (SSSR count). The van der Waals surface area contributed by atoms with Crippen LogP contribution in [0.4, 0.5) is 24.0 Å². The summed E-state index contributed by atoms with van der Waals surface area (Å²) in [5, 5.41) is 15.2. The summed E-state index contributed by atoms with van der Waals surface area (Å²) in [6, 6.07) is 5.61. The normalized spacial score (nSPS) is 12.5. The largest absolute Gasteiger partial charge is 0.480 e. The highest BCUT2D eigenvalue weighted by Crippen LogP contribution is 2.31. The molecule has 0 bridgehead atoms. The molecule has 0 spiro atoms. The Labute approximate surface area is 194 Å². The fourth-order valence-electron chi connectivity index (χ4n) is 3.11. The quantitative estimate of drug-likeness (QED) is 0.354. The Morgan fingerprint density at radius 1 is 1.15 bits per heavy atom. The van der Waals surface area contributed by atoms with Crippen molar-refractivity contribution in [3.05, 3.63) is 65.2 Å². The lowest BCUT2D eigenvalue weighted by Crippen LogP contribution is -2.27. The molecule has 1 amide bonds. The van der Waals surface area contributed by atoms with Crippen LogP contribution in [0.25, 0.3) is 11.0 Å². The Bertz CT molecular complexity index is 1350. The molecule has 0 radical (unpaired) electrons. The highest BCUT2D eigenvalue weighted by molar-refractivity contribution is 7.15. The number of rotatable bonds is 7. The monoisotopic (exact) mass is 490 g/mol. The lowest BCUT2D eigenvalue weighted by molar-refractivity contribution is -0.138. The number of nitrogens with zero attached hydrogens (tertiary/aromatic N) is 4. The molecule has 1 aromatic carbocycles. The summed E-state index contributed by atoms with van der Waals surface area (Å²) >= 11 is 1.24. The zero-order chi connectivity index (χ0) is 24.5. The van der Waals surface area contributed by atoms with Crippen LogP contribution in [0.2, 0.25) is 0 Å². The van der Waals surface area contributed by atoms with Gasteiger partial charge in [-0.25, -0.2) is 15.0 Å². The van der Waals surface area contributed by atoms with Crippen molar-refractivity contribution in [2.75, 3.05) is 5.32 Å². The van der Waals surface area contributed by atoms with E-state index in [4.69, 9.17) is 5.11 Å². The van der Waals surface area contributed by atoms with E-state index in [0.717, 1.165) is 12.1 Å². The van der Waals surface area contributed by atoms with E-state index < -0.39 is 29.7 Å². The highest BCUT2D eigenvalue weighted by Gasteiger charge is 2.30. The van der Waals surface area contributed by atoms with Crippen molar-refractivity contribution < 1.29 is 27.9 Å². The van der Waals surface area contributed by atoms with E-state index in [-0.39, 0.29) is 12.2 Å². The number of hydrogen-bond acceptors (Lipinski definition) is 7. The first-order chi connectivity index (χ1) is 16.1. The van der Waals surface area contributed by atoms with E-state index in [1.54, 1.807) is 13.1 Å². The Morgan fingerprint density at radius 2 is 1.88 bits per heavy atom. The molecule has 0 fully saturated rings. The van der Waals surface area contributed by atoms with Gasteiger partial charge in [-0.3, -0.25) is 9.59 Å². The van der Waals surface area contributed by atoms with Gasteiger partial charge in [0.15, 0.2) is 5.13 Å². The molecule has 1 unspecified atom stereocenters. The lowest BCUT2D eigenvalue weighted by Gasteiger charge is -2.11. The number of nitrogens with one attached hydrogen (secondary N) is 2. The number of aliphatic carboxylic acids is 1. The van der Waals surface area contributed by atoms with Crippen LogP contribution in [0, 0.1) is 0 Å². The number of benzene rings is 1. The number of pyridine rings is 1. The third kappa shape index (κ3) is 5.14. The molecule has 3 aromatic heterocycles. The average Bonchev–Trinajstić information content (AvgIpc) is 3.40. The molecule has 4 aromatic rings. The molecule has 0 aliphatic carbocycles. The maximum absolute atomic E-state index is 12.7. The van der Waals surface area contributed by atoms with Crippen molar-refractivity contribution in [3.8, 4) is 0 Å². The summed E-state index contributed by atoms with van der Waals surface area (Å²) in [5.74, 6) is -1.51. The summed E-state index contributed by atoms with van der Waals surface area (Å²) in [7, 11) is 0. The maximum atomic E-state index is 12.7. The van der Waals surface area contributed by atoms with Gasteiger partial charge in [-0.15, -0.1) is 0 Å². The van der Waals surface area contributed by atoms with E-state index in [1.807, 2.05) is 0 Å². The van der Waals surface area contributed by atoms with E-state index >= 15 is 0 Å². The molecule has 1 atom stereocenters. The summed E-state index contributed by atoms with van der Waals surface area (Å²) in [5.41, 5.74) is 0.732. The molecule has 0 aliphatic heterocycles. The van der Waals surface area contributed by atoms with Crippen molar-refractivity contribution in [2.24, 2.45) is 0 Å². The summed E-state index contributed by atoms with van der Waals surface area (Å²) in [6.45, 7) is 1.45. The van der Waals surface area contributed by atoms with Crippen LogP contribution in [0.5, 0.6) is 0 Å². The number of thiazole rings is 1. The van der Waals surface area contributed by atoms with Gasteiger partial charge >= 0.3 is 12.1 Å². The van der Waals surface area contributed by atoms with Gasteiger partial charge in [0.05, 0.1) is 29.6 Å². The fraction of sp³-hybridized carbons (Fsp3) is 0.190. The maximum Gasteiger partial charge on any atom is 0.416 e. The van der Waals surface area contributed by atoms with Gasteiger partial charge in [-0.1, -0.05) is 11.3 Å². The van der Waals surface area contributed by atoms with Crippen LogP contribution in [0.15, 0.2) is 49.1 Å². The number of halogens is 3. The number of carboxylic acids is 1. The number of imidazole rings is 1. The van der Waals surface area contributed by atoms with Crippen LogP contribution in [-0.2, 0) is 17.5 Å². The predicted molar refractivity (Wildman–Crippen MR) is 118 cm³/mol. The number of fused-ring (bicyclic) bond motifs is 1. The molecule has 34 heavy (non-hydrogen) atoms. The first-order valence-corrected chi connectivity index (χ1v) is 10.7. The van der Waals surface area contributed by atoms with E-state index in [2.05, 4.69) is 25.6 Å². The predicted octanol–water partition coefficient (Wildman–Crippen LogP) is 4.23. The van der Waals surface area contributed by atoms with E-state index in [9.17, 15) is 22.8 Å². The Kier molecular flexibility index (Phi) is 6.20. The van der Waals surface area contributed by atoms with Gasteiger partial charge < -0.3 is 20.3 Å². The molecule has 13 heteroatoms. The first-order valence-electron chi connectivity index (χ1n) is 9.83. The average molecular weight is 490 g/mol. The molecule has 0 saturated heterocycles. The number of anilines is 2. The standard InChI is InChI=1S/C21H17F3N6O3S/c1-11(17-8-26-20(34-17)29-13-4-2-12(3-5-13)21(22,23)24)28-19(33)14-6-16-15(7-25-14)27-10-30(16)9-18(31)32/h2-8,10-11H,9H2,1H3,(H,26,29)(H,28,33)(H,31,32). The number of hydrogen-bond donors (Lipinski definition) is 3. The van der Waals surface area contributed by atoms with Gasteiger partial charge in [-0.2, -0.15) is 13.2 Å². The van der Waals surface area contributed by atoms with Gasteiger partial charge in [0, 0.05) is 16.8 Å². The number of carbonyl (C=O) groups excluding carboxylic acids is 1. The molecule has 176 valence electrons. The van der Waals surface area contributed by atoms with Crippen molar-refractivity contribution in [1.82, 2.24) is 24.8 Å². The number of carboxylic acid groups (broad SMARTS) is 1. The minimum Gasteiger partial charge on any atom is -0.480 e. The summed E-state index contributed by atoms with van der Waals surface area (Å²) in [4.78, 5) is 36.8.